The van der Waals surface area contributed by atoms with Gasteiger partial charge in [-0.1, -0.05) is 18.5 Å². The lowest BCUT2D eigenvalue weighted by atomic mass is 10.0. The molecule has 0 aliphatic heterocycles. The topological polar surface area (TPSA) is 81.7 Å². The van der Waals surface area contributed by atoms with Gasteiger partial charge in [0.25, 0.3) is 5.56 Å². The average Bonchev–Trinajstić information content (AvgIpc) is 2.82. The smallest absolute Gasteiger partial charge is 0.322 e. The summed E-state index contributed by atoms with van der Waals surface area (Å²) in [5.41, 5.74) is -2.28. The molecule has 0 bridgehead atoms. The van der Waals surface area contributed by atoms with E-state index in [9.17, 15) is 22.8 Å². The summed E-state index contributed by atoms with van der Waals surface area (Å²) < 4.78 is 41.8. The van der Waals surface area contributed by atoms with Crippen molar-refractivity contribution in [2.75, 3.05) is 16.8 Å². The highest BCUT2D eigenvalue weighted by molar-refractivity contribution is 7.80. The molecule has 0 aliphatic rings. The number of anilines is 2. The zero-order valence-corrected chi connectivity index (χ0v) is 21.3. The molecule has 1 aromatic carbocycles. The van der Waals surface area contributed by atoms with Crippen molar-refractivity contribution in [3.8, 4) is 6.07 Å². The lowest BCUT2D eigenvalue weighted by Crippen LogP contribution is -2.54. The maximum Gasteiger partial charge on any atom is 0.417 e. The fourth-order valence-electron chi connectivity index (χ4n) is 3.57. The molecule has 12 heteroatoms. The lowest BCUT2D eigenvalue weighted by molar-refractivity contribution is -0.137. The molecular formula is C24H21ClF3N5O2S. The van der Waals surface area contributed by atoms with Gasteiger partial charge in [-0.25, -0.2) is 4.98 Å². The Balaban J connectivity index is 2.18. The van der Waals surface area contributed by atoms with Gasteiger partial charge in [0.05, 0.1) is 33.4 Å². The first-order valence-electron chi connectivity index (χ1n) is 10.6. The lowest BCUT2D eigenvalue weighted by Gasteiger charge is -2.39. The molecule has 2 aromatic heterocycles. The molecule has 0 atom stereocenters. The van der Waals surface area contributed by atoms with Crippen LogP contribution in [0.25, 0.3) is 5.65 Å². The largest absolute Gasteiger partial charge is 0.417 e. The third kappa shape index (κ3) is 5.05. The third-order valence-electron chi connectivity index (χ3n) is 5.53. The number of alkyl halides is 3. The first kappa shape index (κ1) is 27.1. The van der Waals surface area contributed by atoms with Crippen LogP contribution < -0.4 is 15.4 Å². The number of aromatic nitrogens is 2. The first-order chi connectivity index (χ1) is 16.7. The Hall–Kier alpha value is -3.49. The first-order valence-corrected chi connectivity index (χ1v) is 11.4. The van der Waals surface area contributed by atoms with Gasteiger partial charge in [0, 0.05) is 30.7 Å². The number of carbonyl (C=O) groups excluding carboxylic acids is 1. The van der Waals surface area contributed by atoms with Crippen LogP contribution in [0.15, 0.2) is 41.3 Å². The van der Waals surface area contributed by atoms with E-state index in [0.717, 1.165) is 12.1 Å². The molecule has 0 aliphatic carbocycles. The normalized spacial score (nSPS) is 11.8. The van der Waals surface area contributed by atoms with E-state index in [0.29, 0.717) is 18.4 Å². The summed E-state index contributed by atoms with van der Waals surface area (Å²) in [5.74, 6) is 0. The highest BCUT2D eigenvalue weighted by atomic mass is 35.5. The van der Waals surface area contributed by atoms with Gasteiger partial charge in [-0.3, -0.25) is 9.20 Å². The van der Waals surface area contributed by atoms with E-state index >= 15 is 0 Å². The van der Waals surface area contributed by atoms with Crippen LogP contribution in [0.1, 0.15) is 37.6 Å². The molecular weight excluding hydrogens is 515 g/mol. The summed E-state index contributed by atoms with van der Waals surface area (Å²) in [6, 6.07) is 7.56. The number of nitrogens with zero attached hydrogens (tertiary/aromatic N) is 5. The number of fused-ring (bicyclic) bond motifs is 1. The second kappa shape index (κ2) is 9.87. The van der Waals surface area contributed by atoms with Crippen LogP contribution in [0.4, 0.5) is 24.5 Å². The maximum absolute atomic E-state index is 13.5. The highest BCUT2D eigenvalue weighted by Crippen LogP contribution is 2.35. The number of hydrogen-bond donors (Lipinski definition) is 0. The predicted octanol–water partition coefficient (Wildman–Crippen LogP) is 5.01. The minimum Gasteiger partial charge on any atom is -0.322 e. The Labute approximate surface area is 215 Å². The molecule has 36 heavy (non-hydrogen) atoms. The molecule has 0 saturated heterocycles. The van der Waals surface area contributed by atoms with E-state index < -0.39 is 28.4 Å². The monoisotopic (exact) mass is 535 g/mol. The minimum absolute atomic E-state index is 0.0383. The molecule has 3 rings (SSSR count). The fourth-order valence-corrected chi connectivity index (χ4v) is 4.27. The molecule has 0 unspecified atom stereocenters. The Morgan fingerprint density at radius 3 is 2.47 bits per heavy atom. The summed E-state index contributed by atoms with van der Waals surface area (Å²) >= 11 is 12.1. The molecule has 0 N–H and O–H groups in total. The second-order valence-electron chi connectivity index (χ2n) is 8.47. The molecule has 7 nitrogen and oxygen atoms in total. The fraction of sp³-hybridized carbons (Fsp3) is 0.292. The van der Waals surface area contributed by atoms with E-state index in [2.05, 4.69) is 4.98 Å². The van der Waals surface area contributed by atoms with Crippen molar-refractivity contribution in [2.45, 2.75) is 38.9 Å². The van der Waals surface area contributed by atoms with E-state index in [1.165, 1.54) is 51.7 Å². The number of hydrogen-bond acceptors (Lipinski definition) is 5. The molecule has 0 amide bonds. The van der Waals surface area contributed by atoms with Crippen LogP contribution >= 0.6 is 23.8 Å². The van der Waals surface area contributed by atoms with Crippen molar-refractivity contribution in [1.82, 2.24) is 9.38 Å². The van der Waals surface area contributed by atoms with Gasteiger partial charge in [-0.05, 0) is 56.8 Å². The van der Waals surface area contributed by atoms with Crippen molar-refractivity contribution in [3.05, 3.63) is 68.7 Å². The molecule has 3 aromatic rings. The molecule has 0 radical (unpaired) electrons. The Kier molecular flexibility index (Phi) is 7.43. The third-order valence-corrected chi connectivity index (χ3v) is 6.27. The number of thiocarbonyl (C=S) groups is 1. The predicted molar refractivity (Wildman–Crippen MR) is 136 cm³/mol. The zero-order valence-electron chi connectivity index (χ0n) is 19.7. The SMILES string of the molecule is CCc1cc(=O)n2cc(N(C(=S)N(C)c3ccc(C#N)c(C(F)(F)F)c3)C(C)(C)C=O)cc(Cl)c2n1. The van der Waals surface area contributed by atoms with Gasteiger partial charge in [0.15, 0.2) is 10.8 Å². The summed E-state index contributed by atoms with van der Waals surface area (Å²) in [7, 11) is 1.43. The van der Waals surface area contributed by atoms with Crippen LogP contribution in [0.3, 0.4) is 0 Å². The van der Waals surface area contributed by atoms with Crippen LogP contribution in [0, 0.1) is 11.3 Å². The van der Waals surface area contributed by atoms with Crippen LogP contribution in [0.5, 0.6) is 0 Å². The van der Waals surface area contributed by atoms with Gasteiger partial charge < -0.3 is 14.6 Å². The molecule has 0 spiro atoms. The summed E-state index contributed by atoms with van der Waals surface area (Å²) in [4.78, 5) is 31.8. The quantitative estimate of drug-likeness (QED) is 0.336. The van der Waals surface area contributed by atoms with Crippen molar-refractivity contribution in [1.29, 1.82) is 5.26 Å². The van der Waals surface area contributed by atoms with E-state index in [1.54, 1.807) is 13.8 Å². The highest BCUT2D eigenvalue weighted by Gasteiger charge is 2.36. The van der Waals surface area contributed by atoms with Gasteiger partial charge >= 0.3 is 6.18 Å². The Morgan fingerprint density at radius 1 is 1.25 bits per heavy atom. The second-order valence-corrected chi connectivity index (χ2v) is 9.24. The van der Waals surface area contributed by atoms with Gasteiger partial charge in [-0.2, -0.15) is 18.4 Å². The van der Waals surface area contributed by atoms with Crippen LogP contribution in [-0.4, -0.2) is 33.4 Å². The Bertz CT molecular complexity index is 1460. The number of halogens is 4. The Morgan fingerprint density at radius 2 is 1.92 bits per heavy atom. The van der Waals surface area contributed by atoms with E-state index in [1.807, 2.05) is 6.92 Å². The van der Waals surface area contributed by atoms with Crippen molar-refractivity contribution < 1.29 is 18.0 Å². The van der Waals surface area contributed by atoms with Crippen LogP contribution in [0.2, 0.25) is 5.02 Å². The molecule has 0 fully saturated rings. The van der Waals surface area contributed by atoms with E-state index in [-0.39, 0.29) is 27.2 Å². The number of pyridine rings is 1. The number of carbonyl (C=O) groups is 1. The van der Waals surface area contributed by atoms with Crippen LogP contribution in [-0.2, 0) is 17.4 Å². The summed E-state index contributed by atoms with van der Waals surface area (Å²) in [6.07, 6.45) is -2.20. The number of nitriles is 1. The van der Waals surface area contributed by atoms with Crippen molar-refractivity contribution >= 4 is 52.2 Å². The molecule has 2 heterocycles. The zero-order chi connectivity index (χ0) is 27.0. The van der Waals surface area contributed by atoms with Gasteiger partial charge in [0.1, 0.15) is 6.29 Å². The van der Waals surface area contributed by atoms with Gasteiger partial charge in [-0.15, -0.1) is 0 Å². The molecule has 0 saturated carbocycles. The number of aldehydes is 1. The van der Waals surface area contributed by atoms with Crippen molar-refractivity contribution in [3.63, 3.8) is 0 Å². The molecule has 188 valence electrons. The number of rotatable bonds is 5. The standard InChI is InChI=1S/C24H21ClF3N5O2S/c1-5-15-8-20(35)32-12-17(10-19(25)21(32)30-15)33(23(2,3)13-34)22(36)31(4)16-7-6-14(11-29)18(9-16)24(26,27)28/h6-10,12-13H,5H2,1-4H3. The maximum atomic E-state index is 13.5. The summed E-state index contributed by atoms with van der Waals surface area (Å²) in [5, 5.41) is 9.15. The van der Waals surface area contributed by atoms with Crippen molar-refractivity contribution in [2.24, 2.45) is 0 Å². The number of aryl methyl sites for hydroxylation is 1. The average molecular weight is 536 g/mol. The number of benzene rings is 1. The summed E-state index contributed by atoms with van der Waals surface area (Å²) in [6.45, 7) is 4.95. The van der Waals surface area contributed by atoms with Gasteiger partial charge in [0.2, 0.25) is 0 Å². The minimum atomic E-state index is -4.76. The van der Waals surface area contributed by atoms with E-state index in [4.69, 9.17) is 29.1 Å².